The highest BCUT2D eigenvalue weighted by Crippen LogP contribution is 2.26. The van der Waals surface area contributed by atoms with E-state index in [0.29, 0.717) is 37.4 Å². The Kier molecular flexibility index (Phi) is 8.50. The zero-order chi connectivity index (χ0) is 22.4. The number of amides is 1. The van der Waals surface area contributed by atoms with Crippen LogP contribution in [0.2, 0.25) is 0 Å². The second kappa shape index (κ2) is 10.9. The van der Waals surface area contributed by atoms with Crippen LogP contribution in [0.5, 0.6) is 0 Å². The lowest BCUT2D eigenvalue weighted by atomic mass is 9.97. The molecule has 2 aliphatic heterocycles. The zero-order valence-corrected chi connectivity index (χ0v) is 20.1. The molecule has 7 nitrogen and oxygen atoms in total. The lowest BCUT2D eigenvalue weighted by Gasteiger charge is -2.32. The van der Waals surface area contributed by atoms with E-state index >= 15 is 0 Å². The first-order valence-corrected chi connectivity index (χ1v) is 13.0. The molecule has 1 N–H and O–H groups in total. The number of carbonyl (C=O) groups excluding carboxylic acids is 1. The van der Waals surface area contributed by atoms with Crippen molar-refractivity contribution >= 4 is 15.9 Å². The quantitative estimate of drug-likeness (QED) is 0.612. The third kappa shape index (κ3) is 6.51. The van der Waals surface area contributed by atoms with Crippen LogP contribution < -0.4 is 5.32 Å². The second-order valence-corrected chi connectivity index (χ2v) is 11.0. The van der Waals surface area contributed by atoms with Crippen LogP contribution in [0, 0.1) is 19.8 Å². The van der Waals surface area contributed by atoms with Crippen molar-refractivity contribution in [3.05, 3.63) is 29.3 Å². The average molecular weight is 451 g/mol. The highest BCUT2D eigenvalue weighted by atomic mass is 32.2. The van der Waals surface area contributed by atoms with E-state index in [1.165, 1.54) is 4.31 Å². The van der Waals surface area contributed by atoms with Crippen LogP contribution in [-0.2, 0) is 14.8 Å². The third-order valence-electron chi connectivity index (χ3n) is 6.57. The van der Waals surface area contributed by atoms with Crippen LogP contribution in [0.3, 0.4) is 0 Å². The van der Waals surface area contributed by atoms with Gasteiger partial charge in [0.05, 0.1) is 4.90 Å². The summed E-state index contributed by atoms with van der Waals surface area (Å²) in [7, 11) is -1.34. The molecule has 0 aliphatic carbocycles. The van der Waals surface area contributed by atoms with E-state index in [-0.39, 0.29) is 11.8 Å². The molecule has 31 heavy (non-hydrogen) atoms. The first-order chi connectivity index (χ1) is 14.8. The Balaban J connectivity index is 1.37. The Morgan fingerprint density at radius 3 is 2.35 bits per heavy atom. The SMILES string of the molecule is Cc1ccc(S(=O)(=O)N2CCC(C(=O)NCCCCN3CCN(C)CC3)CC2)c(C)c1. The molecule has 2 fully saturated rings. The van der Waals surface area contributed by atoms with Gasteiger partial charge in [0.1, 0.15) is 0 Å². The van der Waals surface area contributed by atoms with Gasteiger partial charge in [-0.2, -0.15) is 4.31 Å². The molecule has 174 valence electrons. The second-order valence-electron chi connectivity index (χ2n) is 9.09. The summed E-state index contributed by atoms with van der Waals surface area (Å²) in [6.07, 6.45) is 3.24. The van der Waals surface area contributed by atoms with Crippen LogP contribution in [0.15, 0.2) is 23.1 Å². The number of hydrogen-bond acceptors (Lipinski definition) is 5. The number of piperazine rings is 1. The largest absolute Gasteiger partial charge is 0.356 e. The van der Waals surface area contributed by atoms with Crippen molar-refractivity contribution in [1.29, 1.82) is 0 Å². The molecule has 3 rings (SSSR count). The zero-order valence-electron chi connectivity index (χ0n) is 19.3. The number of carbonyl (C=O) groups is 1. The number of nitrogens with one attached hydrogen (secondary N) is 1. The molecule has 2 saturated heterocycles. The molecule has 0 bridgehead atoms. The molecule has 1 aromatic carbocycles. The smallest absolute Gasteiger partial charge is 0.243 e. The monoisotopic (exact) mass is 450 g/mol. The number of rotatable bonds is 8. The van der Waals surface area contributed by atoms with Gasteiger partial charge in [0, 0.05) is 51.7 Å². The normalized spacial score (nSPS) is 20.1. The number of sulfonamides is 1. The molecule has 1 amide bonds. The van der Waals surface area contributed by atoms with E-state index < -0.39 is 10.0 Å². The molecule has 0 aromatic heterocycles. The maximum Gasteiger partial charge on any atom is 0.243 e. The number of benzene rings is 1. The van der Waals surface area contributed by atoms with Gasteiger partial charge in [0.15, 0.2) is 0 Å². The summed E-state index contributed by atoms with van der Waals surface area (Å²) in [5.74, 6) is -0.0219. The van der Waals surface area contributed by atoms with Crippen molar-refractivity contribution < 1.29 is 13.2 Å². The van der Waals surface area contributed by atoms with Crippen LogP contribution in [-0.4, -0.2) is 87.8 Å². The minimum absolute atomic E-state index is 0.0724. The molecule has 0 spiro atoms. The van der Waals surface area contributed by atoms with Gasteiger partial charge in [-0.1, -0.05) is 17.7 Å². The number of piperidine rings is 1. The molecule has 2 heterocycles. The van der Waals surface area contributed by atoms with Crippen LogP contribution in [0.25, 0.3) is 0 Å². The maximum atomic E-state index is 13.0. The summed E-state index contributed by atoms with van der Waals surface area (Å²) in [6, 6.07) is 5.43. The molecule has 0 atom stereocenters. The van der Waals surface area contributed by atoms with Gasteiger partial charge in [0.2, 0.25) is 15.9 Å². The minimum atomic E-state index is -3.50. The van der Waals surface area contributed by atoms with Gasteiger partial charge in [0.25, 0.3) is 0 Å². The van der Waals surface area contributed by atoms with E-state index in [1.807, 2.05) is 26.0 Å². The minimum Gasteiger partial charge on any atom is -0.356 e. The summed E-state index contributed by atoms with van der Waals surface area (Å²) in [5.41, 5.74) is 1.83. The van der Waals surface area contributed by atoms with Crippen molar-refractivity contribution in [2.75, 3.05) is 59.4 Å². The Bertz CT molecular complexity index is 842. The van der Waals surface area contributed by atoms with Gasteiger partial charge in [-0.15, -0.1) is 0 Å². The highest BCUT2D eigenvalue weighted by molar-refractivity contribution is 7.89. The lowest BCUT2D eigenvalue weighted by Crippen LogP contribution is -2.45. The number of hydrogen-bond donors (Lipinski definition) is 1. The number of likely N-dealkylation sites (N-methyl/N-ethyl adjacent to an activating group) is 1. The van der Waals surface area contributed by atoms with Crippen LogP contribution in [0.1, 0.15) is 36.8 Å². The Labute approximate surface area is 187 Å². The predicted octanol–water partition coefficient (Wildman–Crippen LogP) is 1.85. The van der Waals surface area contributed by atoms with Gasteiger partial charge in [-0.3, -0.25) is 4.79 Å². The van der Waals surface area contributed by atoms with Crippen molar-refractivity contribution in [2.45, 2.75) is 44.4 Å². The topological polar surface area (TPSA) is 73.0 Å². The Morgan fingerprint density at radius 1 is 1.03 bits per heavy atom. The van der Waals surface area contributed by atoms with E-state index in [9.17, 15) is 13.2 Å². The van der Waals surface area contributed by atoms with Crippen LogP contribution >= 0.6 is 0 Å². The third-order valence-corrected chi connectivity index (χ3v) is 8.63. The summed E-state index contributed by atoms with van der Waals surface area (Å²) >= 11 is 0. The summed E-state index contributed by atoms with van der Waals surface area (Å²) in [4.78, 5) is 17.7. The van der Waals surface area contributed by atoms with E-state index in [1.54, 1.807) is 6.07 Å². The average Bonchev–Trinajstić information content (AvgIpc) is 2.74. The standard InChI is InChI=1S/C23H38N4O3S/c1-19-6-7-22(20(2)18-19)31(29,30)27-12-8-21(9-13-27)23(28)24-10-4-5-11-26-16-14-25(3)15-17-26/h6-7,18,21H,4-5,8-17H2,1-3H3,(H,24,28). The number of nitrogens with zero attached hydrogens (tertiary/aromatic N) is 3. The molecule has 0 unspecified atom stereocenters. The first kappa shape index (κ1) is 24.2. The van der Waals surface area contributed by atoms with Crippen molar-refractivity contribution in [3.63, 3.8) is 0 Å². The summed E-state index contributed by atoms with van der Waals surface area (Å²) in [5, 5.41) is 3.06. The molecule has 0 saturated carbocycles. The molecule has 8 heteroatoms. The lowest BCUT2D eigenvalue weighted by molar-refractivity contribution is -0.126. The maximum absolute atomic E-state index is 13.0. The Morgan fingerprint density at radius 2 is 1.71 bits per heavy atom. The van der Waals surface area contributed by atoms with Gasteiger partial charge >= 0.3 is 0 Å². The fourth-order valence-electron chi connectivity index (χ4n) is 4.47. The Hall–Kier alpha value is -1.48. The van der Waals surface area contributed by atoms with Crippen molar-refractivity contribution in [3.8, 4) is 0 Å². The summed E-state index contributed by atoms with van der Waals surface area (Å²) in [6.45, 7) is 10.9. The molecule has 1 aromatic rings. The van der Waals surface area contributed by atoms with Crippen molar-refractivity contribution in [2.24, 2.45) is 5.92 Å². The number of aryl methyl sites for hydroxylation is 2. The fourth-order valence-corrected chi connectivity index (χ4v) is 6.15. The molecule has 0 radical (unpaired) electrons. The molecular weight excluding hydrogens is 412 g/mol. The van der Waals surface area contributed by atoms with E-state index in [4.69, 9.17) is 0 Å². The molecular formula is C23H38N4O3S. The van der Waals surface area contributed by atoms with Gasteiger partial charge in [-0.25, -0.2) is 8.42 Å². The number of unbranched alkanes of at least 4 members (excludes halogenated alkanes) is 1. The fraction of sp³-hybridized carbons (Fsp3) is 0.696. The van der Waals surface area contributed by atoms with Crippen molar-refractivity contribution in [1.82, 2.24) is 19.4 Å². The van der Waals surface area contributed by atoms with Gasteiger partial charge in [-0.05, 0) is 64.8 Å². The van der Waals surface area contributed by atoms with Gasteiger partial charge < -0.3 is 15.1 Å². The van der Waals surface area contributed by atoms with Crippen LogP contribution in [0.4, 0.5) is 0 Å². The predicted molar refractivity (Wildman–Crippen MR) is 124 cm³/mol. The highest BCUT2D eigenvalue weighted by Gasteiger charge is 2.32. The molecule has 2 aliphatic rings. The summed E-state index contributed by atoms with van der Waals surface area (Å²) < 4.78 is 27.5. The van der Waals surface area contributed by atoms with E-state index in [2.05, 4.69) is 22.2 Å². The first-order valence-electron chi connectivity index (χ1n) is 11.5. The van der Waals surface area contributed by atoms with E-state index in [0.717, 1.165) is 56.7 Å².